The fraction of sp³-hybridized carbons (Fsp3) is 0.400. The van der Waals surface area contributed by atoms with E-state index in [-0.39, 0.29) is 11.2 Å². The molecular weight excluding hydrogens is 254 g/mol. The highest BCUT2D eigenvalue weighted by molar-refractivity contribution is 9.10. The minimum Gasteiger partial charge on any atom is -0.207 e. The lowest BCUT2D eigenvalue weighted by Crippen LogP contribution is -1.96. The molecule has 0 bridgehead atoms. The van der Waals surface area contributed by atoms with Crippen molar-refractivity contribution in [3.05, 3.63) is 34.1 Å². The molecule has 3 heteroatoms. The highest BCUT2D eigenvalue weighted by atomic mass is 79.9. The Labute approximate surface area is 91.2 Å². The molecule has 0 amide bonds. The molecule has 0 saturated carbocycles. The smallest absolute Gasteiger partial charge is 0.123 e. The Morgan fingerprint density at radius 2 is 2.23 bits per heavy atom. The molecule has 0 aliphatic rings. The number of aryl methyl sites for hydroxylation is 1. The first kappa shape index (κ1) is 11.0. The van der Waals surface area contributed by atoms with E-state index in [1.165, 1.54) is 6.07 Å². The second-order valence-electron chi connectivity index (χ2n) is 3.06. The van der Waals surface area contributed by atoms with E-state index < -0.39 is 0 Å². The molecule has 0 nitrogen and oxygen atoms in total. The van der Waals surface area contributed by atoms with Gasteiger partial charge in [0.1, 0.15) is 5.82 Å². The molecule has 72 valence electrons. The highest BCUT2D eigenvalue weighted by Gasteiger charge is 2.03. The maximum Gasteiger partial charge on any atom is 0.123 e. The third kappa shape index (κ3) is 3.65. The molecule has 0 heterocycles. The minimum absolute atomic E-state index is 0.134. The van der Waals surface area contributed by atoms with Gasteiger partial charge in [0.15, 0.2) is 0 Å². The summed E-state index contributed by atoms with van der Waals surface area (Å²) >= 11 is 9.18. The van der Waals surface area contributed by atoms with E-state index in [1.54, 1.807) is 12.1 Å². The van der Waals surface area contributed by atoms with E-state index in [0.717, 1.165) is 22.9 Å². The van der Waals surface area contributed by atoms with Crippen molar-refractivity contribution in [1.29, 1.82) is 0 Å². The van der Waals surface area contributed by atoms with E-state index in [1.807, 2.05) is 6.92 Å². The third-order valence-corrected chi connectivity index (χ3v) is 2.81. The first-order chi connectivity index (χ1) is 6.09. The van der Waals surface area contributed by atoms with E-state index in [2.05, 4.69) is 15.9 Å². The van der Waals surface area contributed by atoms with Gasteiger partial charge >= 0.3 is 0 Å². The van der Waals surface area contributed by atoms with Gasteiger partial charge in [-0.05, 0) is 43.5 Å². The van der Waals surface area contributed by atoms with Gasteiger partial charge in [0.05, 0.1) is 0 Å². The van der Waals surface area contributed by atoms with Crippen molar-refractivity contribution in [2.24, 2.45) is 0 Å². The molecule has 0 saturated heterocycles. The first-order valence-electron chi connectivity index (χ1n) is 4.17. The summed E-state index contributed by atoms with van der Waals surface area (Å²) in [7, 11) is 0. The predicted molar refractivity (Wildman–Crippen MR) is 57.7 cm³/mol. The van der Waals surface area contributed by atoms with Crippen LogP contribution in [0.4, 0.5) is 4.39 Å². The molecule has 0 aromatic heterocycles. The Balaban J connectivity index is 2.70. The molecule has 0 aliphatic heterocycles. The van der Waals surface area contributed by atoms with E-state index >= 15 is 0 Å². The fourth-order valence-electron chi connectivity index (χ4n) is 1.09. The number of halogens is 3. The van der Waals surface area contributed by atoms with Crippen LogP contribution >= 0.6 is 27.5 Å². The van der Waals surface area contributed by atoms with E-state index in [4.69, 9.17) is 11.6 Å². The van der Waals surface area contributed by atoms with Crippen LogP contribution in [0.25, 0.3) is 0 Å². The van der Waals surface area contributed by atoms with E-state index in [0.29, 0.717) is 0 Å². The molecule has 0 radical (unpaired) electrons. The Kier molecular flexibility index (Phi) is 4.20. The zero-order valence-corrected chi connectivity index (χ0v) is 9.70. The first-order valence-corrected chi connectivity index (χ1v) is 5.40. The van der Waals surface area contributed by atoms with Gasteiger partial charge < -0.3 is 0 Å². The van der Waals surface area contributed by atoms with Gasteiger partial charge in [-0.15, -0.1) is 11.6 Å². The van der Waals surface area contributed by atoms with Crippen LogP contribution in [0.2, 0.25) is 0 Å². The summed E-state index contributed by atoms with van der Waals surface area (Å²) in [6.45, 7) is 1.94. The lowest BCUT2D eigenvalue weighted by atomic mass is 10.1. The summed E-state index contributed by atoms with van der Waals surface area (Å²) in [6.07, 6.45) is 1.67. The third-order valence-electron chi connectivity index (χ3n) is 1.82. The van der Waals surface area contributed by atoms with Crippen LogP contribution in [-0.4, -0.2) is 5.38 Å². The standard InChI is InChI=1S/C10H11BrClF/c1-7(12)2-3-8-6-9(13)4-5-10(8)11/h4-7H,2-3H2,1H3. The fourth-order valence-corrected chi connectivity index (χ4v) is 1.64. The molecule has 1 aromatic rings. The molecular formula is C10H11BrClF. The van der Waals surface area contributed by atoms with Crippen LogP contribution in [0.3, 0.4) is 0 Å². The van der Waals surface area contributed by atoms with Crippen LogP contribution < -0.4 is 0 Å². The maximum absolute atomic E-state index is 12.8. The van der Waals surface area contributed by atoms with Gasteiger partial charge in [-0.25, -0.2) is 4.39 Å². The predicted octanol–water partition coefficient (Wildman–Crippen LogP) is 4.15. The van der Waals surface area contributed by atoms with Crippen LogP contribution in [0, 0.1) is 5.82 Å². The minimum atomic E-state index is -0.194. The van der Waals surface area contributed by atoms with Crippen LogP contribution in [0.1, 0.15) is 18.9 Å². The molecule has 0 N–H and O–H groups in total. The maximum atomic E-state index is 12.8. The lowest BCUT2D eigenvalue weighted by Gasteiger charge is -2.05. The quantitative estimate of drug-likeness (QED) is 0.720. The molecule has 1 aromatic carbocycles. The topological polar surface area (TPSA) is 0 Å². The molecule has 1 unspecified atom stereocenters. The summed E-state index contributed by atoms with van der Waals surface area (Å²) in [5.41, 5.74) is 0.979. The Hall–Kier alpha value is -0.0800. The molecule has 0 aliphatic carbocycles. The van der Waals surface area contributed by atoms with Crippen LogP contribution in [0.5, 0.6) is 0 Å². The highest BCUT2D eigenvalue weighted by Crippen LogP contribution is 2.20. The summed E-state index contributed by atoms with van der Waals surface area (Å²) in [6, 6.07) is 4.71. The van der Waals surface area contributed by atoms with Crippen molar-refractivity contribution in [2.45, 2.75) is 25.1 Å². The zero-order chi connectivity index (χ0) is 9.84. The zero-order valence-electron chi connectivity index (χ0n) is 7.36. The van der Waals surface area contributed by atoms with Crippen molar-refractivity contribution >= 4 is 27.5 Å². The van der Waals surface area contributed by atoms with Gasteiger partial charge in [0.25, 0.3) is 0 Å². The largest absolute Gasteiger partial charge is 0.207 e. The average Bonchev–Trinajstić information content (AvgIpc) is 2.06. The lowest BCUT2D eigenvalue weighted by molar-refractivity contribution is 0.623. The van der Waals surface area contributed by atoms with Gasteiger partial charge in [-0.1, -0.05) is 15.9 Å². The number of hydrogen-bond donors (Lipinski definition) is 0. The number of hydrogen-bond acceptors (Lipinski definition) is 0. The van der Waals surface area contributed by atoms with Crippen molar-refractivity contribution in [1.82, 2.24) is 0 Å². The molecule has 1 atom stereocenters. The molecule has 1 rings (SSSR count). The van der Waals surface area contributed by atoms with Crippen molar-refractivity contribution in [2.75, 3.05) is 0 Å². The van der Waals surface area contributed by atoms with Crippen LogP contribution in [0.15, 0.2) is 22.7 Å². The Morgan fingerprint density at radius 1 is 1.54 bits per heavy atom. The molecule has 0 spiro atoms. The van der Waals surface area contributed by atoms with Gasteiger partial charge in [0, 0.05) is 9.85 Å². The monoisotopic (exact) mass is 264 g/mol. The summed E-state index contributed by atoms with van der Waals surface area (Å²) in [4.78, 5) is 0. The van der Waals surface area contributed by atoms with Crippen LogP contribution in [-0.2, 0) is 6.42 Å². The second kappa shape index (κ2) is 4.97. The van der Waals surface area contributed by atoms with Crippen molar-refractivity contribution in [3.8, 4) is 0 Å². The molecule has 13 heavy (non-hydrogen) atoms. The number of rotatable bonds is 3. The van der Waals surface area contributed by atoms with Gasteiger partial charge in [-0.2, -0.15) is 0 Å². The van der Waals surface area contributed by atoms with Crippen molar-refractivity contribution in [3.63, 3.8) is 0 Å². The van der Waals surface area contributed by atoms with E-state index in [9.17, 15) is 4.39 Å². The normalized spacial score (nSPS) is 12.9. The Bertz CT molecular complexity index is 286. The SMILES string of the molecule is CC(Cl)CCc1cc(F)ccc1Br. The summed E-state index contributed by atoms with van der Waals surface area (Å²) in [5.74, 6) is -0.194. The Morgan fingerprint density at radius 3 is 2.85 bits per heavy atom. The number of alkyl halides is 1. The summed E-state index contributed by atoms with van der Waals surface area (Å²) < 4.78 is 13.8. The second-order valence-corrected chi connectivity index (χ2v) is 4.65. The number of benzene rings is 1. The van der Waals surface area contributed by atoms with Crippen molar-refractivity contribution < 1.29 is 4.39 Å². The van der Waals surface area contributed by atoms with Gasteiger partial charge in [0.2, 0.25) is 0 Å². The van der Waals surface area contributed by atoms with Gasteiger partial charge in [-0.3, -0.25) is 0 Å². The molecule has 0 fully saturated rings. The summed E-state index contributed by atoms with van der Waals surface area (Å²) in [5, 5.41) is 0.134. The average molecular weight is 266 g/mol.